The van der Waals surface area contributed by atoms with Gasteiger partial charge in [0.05, 0.1) is 11.4 Å². The van der Waals surface area contributed by atoms with Crippen molar-refractivity contribution in [3.05, 3.63) is 96.3 Å². The van der Waals surface area contributed by atoms with Crippen LogP contribution in [0, 0.1) is 18.7 Å². The average molecular weight is 514 g/mol. The summed E-state index contributed by atoms with van der Waals surface area (Å²) < 4.78 is 15.1. The summed E-state index contributed by atoms with van der Waals surface area (Å²) in [5.74, 6) is 0.0514. The number of hydrogen-bond donors (Lipinski definition) is 2. The lowest BCUT2D eigenvalue weighted by atomic mass is 10.1. The highest BCUT2D eigenvalue weighted by molar-refractivity contribution is 5.97. The summed E-state index contributed by atoms with van der Waals surface area (Å²) in [7, 11) is 0. The van der Waals surface area contributed by atoms with Crippen LogP contribution in [0.5, 0.6) is 0 Å². The molecule has 1 aromatic heterocycles. The second kappa shape index (κ2) is 12.2. The molecule has 0 radical (unpaired) electrons. The van der Waals surface area contributed by atoms with Crippen molar-refractivity contribution in [1.82, 2.24) is 14.7 Å². The Labute approximate surface area is 222 Å². The number of aryl methyl sites for hydroxylation is 1. The molecule has 4 aromatic rings. The SMILES string of the molecule is Cc1ccccc1NC(=O)N(CCC(C)C)CC(=O)Nc1cc(-c2ccccc2)nn1-c1ccc(F)cc1. The van der Waals surface area contributed by atoms with E-state index in [0.717, 1.165) is 17.5 Å². The van der Waals surface area contributed by atoms with E-state index in [1.807, 2.05) is 61.5 Å². The zero-order valence-electron chi connectivity index (χ0n) is 21.8. The summed E-state index contributed by atoms with van der Waals surface area (Å²) in [5, 5.41) is 10.5. The normalized spacial score (nSPS) is 10.9. The van der Waals surface area contributed by atoms with Crippen LogP contribution in [0.1, 0.15) is 25.8 Å². The number of hydrogen-bond acceptors (Lipinski definition) is 3. The highest BCUT2D eigenvalue weighted by atomic mass is 19.1. The molecule has 38 heavy (non-hydrogen) atoms. The van der Waals surface area contributed by atoms with Gasteiger partial charge in [-0.3, -0.25) is 4.79 Å². The number of carbonyl (C=O) groups excluding carboxylic acids is 2. The number of rotatable bonds is 9. The Bertz CT molecular complexity index is 1380. The maximum Gasteiger partial charge on any atom is 0.322 e. The van der Waals surface area contributed by atoms with Crippen LogP contribution in [0.4, 0.5) is 20.7 Å². The number of anilines is 2. The topological polar surface area (TPSA) is 79.3 Å². The number of amides is 3. The third-order valence-corrected chi connectivity index (χ3v) is 6.10. The molecule has 196 valence electrons. The van der Waals surface area contributed by atoms with Crippen molar-refractivity contribution in [2.24, 2.45) is 5.92 Å². The van der Waals surface area contributed by atoms with Gasteiger partial charge >= 0.3 is 6.03 Å². The first-order chi connectivity index (χ1) is 18.3. The molecule has 4 rings (SSSR count). The van der Waals surface area contributed by atoms with Crippen molar-refractivity contribution in [2.75, 3.05) is 23.7 Å². The van der Waals surface area contributed by atoms with Crippen LogP contribution < -0.4 is 10.6 Å². The third kappa shape index (κ3) is 6.85. The first-order valence-corrected chi connectivity index (χ1v) is 12.6. The highest BCUT2D eigenvalue weighted by Gasteiger charge is 2.20. The predicted octanol–water partition coefficient (Wildman–Crippen LogP) is 6.51. The zero-order valence-corrected chi connectivity index (χ0v) is 21.8. The maximum atomic E-state index is 13.6. The fraction of sp³-hybridized carbons (Fsp3) is 0.233. The van der Waals surface area contributed by atoms with E-state index in [9.17, 15) is 14.0 Å². The molecule has 3 amide bonds. The molecule has 7 nitrogen and oxygen atoms in total. The number of nitrogens with zero attached hydrogens (tertiary/aromatic N) is 3. The van der Waals surface area contributed by atoms with E-state index in [-0.39, 0.29) is 24.3 Å². The molecule has 0 atom stereocenters. The Hall–Kier alpha value is -4.46. The van der Waals surface area contributed by atoms with E-state index in [2.05, 4.69) is 29.6 Å². The minimum atomic E-state index is -0.366. The van der Waals surface area contributed by atoms with E-state index >= 15 is 0 Å². The summed E-state index contributed by atoms with van der Waals surface area (Å²) in [4.78, 5) is 27.9. The Morgan fingerprint density at radius 3 is 2.32 bits per heavy atom. The number of nitrogens with one attached hydrogen (secondary N) is 2. The van der Waals surface area contributed by atoms with Gasteiger partial charge in [-0.15, -0.1) is 0 Å². The van der Waals surface area contributed by atoms with E-state index in [0.29, 0.717) is 35.3 Å². The van der Waals surface area contributed by atoms with Gasteiger partial charge in [0.25, 0.3) is 0 Å². The molecule has 0 saturated heterocycles. The number of halogens is 1. The fourth-order valence-corrected chi connectivity index (χ4v) is 3.93. The first kappa shape index (κ1) is 26.6. The van der Waals surface area contributed by atoms with Gasteiger partial charge in [-0.1, -0.05) is 62.4 Å². The van der Waals surface area contributed by atoms with Crippen molar-refractivity contribution in [3.8, 4) is 16.9 Å². The maximum absolute atomic E-state index is 13.6. The van der Waals surface area contributed by atoms with Gasteiger partial charge in [0.1, 0.15) is 18.2 Å². The van der Waals surface area contributed by atoms with E-state index in [1.54, 1.807) is 22.9 Å². The molecule has 8 heteroatoms. The Balaban J connectivity index is 1.57. The molecular formula is C30H32FN5O2. The molecule has 0 aliphatic carbocycles. The highest BCUT2D eigenvalue weighted by Crippen LogP contribution is 2.25. The van der Waals surface area contributed by atoms with Crippen LogP contribution in [0.3, 0.4) is 0 Å². The molecule has 0 aliphatic rings. The average Bonchev–Trinajstić information content (AvgIpc) is 3.32. The van der Waals surface area contributed by atoms with Crippen LogP contribution >= 0.6 is 0 Å². The van der Waals surface area contributed by atoms with Gasteiger partial charge in [-0.25, -0.2) is 13.9 Å². The largest absolute Gasteiger partial charge is 0.322 e. The molecule has 2 N–H and O–H groups in total. The molecule has 0 saturated carbocycles. The summed E-state index contributed by atoms with van der Waals surface area (Å²) in [6.45, 7) is 6.35. The Morgan fingerprint density at radius 2 is 1.63 bits per heavy atom. The minimum absolute atomic E-state index is 0.139. The van der Waals surface area contributed by atoms with Gasteiger partial charge in [-0.2, -0.15) is 5.10 Å². The van der Waals surface area contributed by atoms with Crippen LogP contribution in [0.2, 0.25) is 0 Å². The quantitative estimate of drug-likeness (QED) is 0.268. The number of aromatic nitrogens is 2. The summed E-state index contributed by atoms with van der Waals surface area (Å²) in [6, 6.07) is 24.4. The van der Waals surface area contributed by atoms with Gasteiger partial charge in [0.2, 0.25) is 5.91 Å². The number of benzene rings is 3. The second-order valence-corrected chi connectivity index (χ2v) is 9.57. The van der Waals surface area contributed by atoms with E-state index < -0.39 is 0 Å². The molecule has 0 spiro atoms. The number of urea groups is 1. The number of para-hydroxylation sites is 1. The Kier molecular flexibility index (Phi) is 8.53. The van der Waals surface area contributed by atoms with E-state index in [4.69, 9.17) is 0 Å². The lowest BCUT2D eigenvalue weighted by molar-refractivity contribution is -0.116. The van der Waals surface area contributed by atoms with Crippen molar-refractivity contribution in [1.29, 1.82) is 0 Å². The number of carbonyl (C=O) groups is 2. The van der Waals surface area contributed by atoms with Crippen LogP contribution in [-0.4, -0.2) is 39.7 Å². The van der Waals surface area contributed by atoms with Gasteiger partial charge in [0, 0.05) is 23.9 Å². The van der Waals surface area contributed by atoms with E-state index in [1.165, 1.54) is 17.0 Å². The summed E-state index contributed by atoms with van der Waals surface area (Å²) in [5.41, 5.74) is 3.76. The molecular weight excluding hydrogens is 481 g/mol. The van der Waals surface area contributed by atoms with Crippen LogP contribution in [-0.2, 0) is 4.79 Å². The summed E-state index contributed by atoms with van der Waals surface area (Å²) >= 11 is 0. The fourth-order valence-electron chi connectivity index (χ4n) is 3.93. The van der Waals surface area contributed by atoms with Crippen molar-refractivity contribution in [2.45, 2.75) is 27.2 Å². The standard InChI is InChI=1S/C30H32FN5O2/c1-21(2)17-18-35(30(38)32-26-12-8-7-9-22(26)3)20-29(37)33-28-19-27(23-10-5-4-6-11-23)34-36(28)25-15-13-24(31)14-16-25/h4-16,19,21H,17-18,20H2,1-3H3,(H,32,38)(H,33,37). The van der Waals surface area contributed by atoms with Crippen LogP contribution in [0.25, 0.3) is 16.9 Å². The molecule has 0 bridgehead atoms. The third-order valence-electron chi connectivity index (χ3n) is 6.10. The molecule has 3 aromatic carbocycles. The van der Waals surface area contributed by atoms with Gasteiger partial charge < -0.3 is 15.5 Å². The zero-order chi connectivity index (χ0) is 27.1. The Morgan fingerprint density at radius 1 is 0.947 bits per heavy atom. The van der Waals surface area contributed by atoms with Gasteiger partial charge in [0.15, 0.2) is 0 Å². The molecule has 0 fully saturated rings. The predicted molar refractivity (Wildman–Crippen MR) is 149 cm³/mol. The van der Waals surface area contributed by atoms with Crippen LogP contribution in [0.15, 0.2) is 84.9 Å². The monoisotopic (exact) mass is 513 g/mol. The van der Waals surface area contributed by atoms with Gasteiger partial charge in [-0.05, 0) is 55.2 Å². The smallest absolute Gasteiger partial charge is 0.315 e. The van der Waals surface area contributed by atoms with Crippen molar-refractivity contribution >= 4 is 23.4 Å². The lowest BCUT2D eigenvalue weighted by Crippen LogP contribution is -2.41. The molecule has 0 aliphatic heterocycles. The molecule has 0 unspecified atom stereocenters. The minimum Gasteiger partial charge on any atom is -0.315 e. The van der Waals surface area contributed by atoms with Crippen molar-refractivity contribution in [3.63, 3.8) is 0 Å². The first-order valence-electron chi connectivity index (χ1n) is 12.6. The summed E-state index contributed by atoms with van der Waals surface area (Å²) in [6.07, 6.45) is 0.750. The van der Waals surface area contributed by atoms with Crippen molar-refractivity contribution < 1.29 is 14.0 Å². The lowest BCUT2D eigenvalue weighted by Gasteiger charge is -2.24. The molecule has 1 heterocycles. The second-order valence-electron chi connectivity index (χ2n) is 9.57.